The molecule has 2 aromatic carbocycles. The van der Waals surface area contributed by atoms with E-state index in [-0.39, 0.29) is 25.4 Å². The predicted octanol–water partition coefficient (Wildman–Crippen LogP) is 3.24. The number of nitrogens with zero attached hydrogens (tertiary/aromatic N) is 1. The van der Waals surface area contributed by atoms with E-state index in [1.54, 1.807) is 0 Å². The molecule has 146 valence electrons. The van der Waals surface area contributed by atoms with Gasteiger partial charge in [0.15, 0.2) is 0 Å². The summed E-state index contributed by atoms with van der Waals surface area (Å²) in [6.45, 7) is 6.60. The molecule has 0 radical (unpaired) electrons. The largest absolute Gasteiger partial charge is 0.354 e. The number of benzene rings is 2. The van der Waals surface area contributed by atoms with Crippen LogP contribution >= 0.6 is 0 Å². The summed E-state index contributed by atoms with van der Waals surface area (Å²) in [4.78, 5) is 12.2. The fourth-order valence-electron chi connectivity index (χ4n) is 2.85. The normalized spacial score (nSPS) is 11.4. The van der Waals surface area contributed by atoms with Crippen LogP contribution in [0.1, 0.15) is 36.5 Å². The van der Waals surface area contributed by atoms with Gasteiger partial charge in [0.05, 0.1) is 24.9 Å². The molecule has 0 fully saturated rings. The fourth-order valence-corrected chi connectivity index (χ4v) is 3.78. The van der Waals surface area contributed by atoms with E-state index >= 15 is 0 Å². The number of aryl methyl sites for hydroxylation is 1. The Morgan fingerprint density at radius 3 is 2.26 bits per heavy atom. The monoisotopic (exact) mass is 388 g/mol. The van der Waals surface area contributed by atoms with Crippen LogP contribution in [0.25, 0.3) is 0 Å². The summed E-state index contributed by atoms with van der Waals surface area (Å²) in [6.07, 6.45) is 1.47. The quantitative estimate of drug-likeness (QED) is 0.755. The van der Waals surface area contributed by atoms with Gasteiger partial charge in [-0.1, -0.05) is 50.2 Å². The molecular weight excluding hydrogens is 360 g/mol. The van der Waals surface area contributed by atoms with Crippen LogP contribution in [0.2, 0.25) is 0 Å². The highest BCUT2D eigenvalue weighted by Gasteiger charge is 2.17. The molecule has 0 aliphatic rings. The number of anilines is 1. The maximum absolute atomic E-state index is 12.2. The molecule has 0 unspecified atom stereocenters. The number of carbonyl (C=O) groups is 1. The van der Waals surface area contributed by atoms with E-state index in [1.807, 2.05) is 55.5 Å². The lowest BCUT2D eigenvalue weighted by molar-refractivity contribution is -0.120. The Hall–Kier alpha value is -2.34. The number of sulfonamides is 1. The SMILES string of the molecule is Cc1ccccc1CC(=O)NCCN(c1ccc(C(C)C)cc1)S(C)(=O)=O. The van der Waals surface area contributed by atoms with Gasteiger partial charge in [0.2, 0.25) is 15.9 Å². The molecule has 5 nitrogen and oxygen atoms in total. The van der Waals surface area contributed by atoms with Crippen LogP contribution in [0.4, 0.5) is 5.69 Å². The number of rotatable bonds is 8. The first-order chi connectivity index (χ1) is 12.7. The summed E-state index contributed by atoms with van der Waals surface area (Å²) in [5.74, 6) is 0.263. The van der Waals surface area contributed by atoms with Gasteiger partial charge in [0.25, 0.3) is 0 Å². The number of carbonyl (C=O) groups excluding carboxylic acids is 1. The highest BCUT2D eigenvalue weighted by molar-refractivity contribution is 7.92. The summed E-state index contributed by atoms with van der Waals surface area (Å²) in [6, 6.07) is 15.2. The summed E-state index contributed by atoms with van der Waals surface area (Å²) >= 11 is 0. The summed E-state index contributed by atoms with van der Waals surface area (Å²) in [5.41, 5.74) is 3.80. The molecule has 2 aromatic rings. The first-order valence-corrected chi connectivity index (χ1v) is 10.9. The molecule has 0 aromatic heterocycles. The Kier molecular flexibility index (Phi) is 7.02. The third-order valence-corrected chi connectivity index (χ3v) is 5.69. The second kappa shape index (κ2) is 9.04. The predicted molar refractivity (Wildman–Crippen MR) is 111 cm³/mol. The Balaban J connectivity index is 1.99. The Labute approximate surface area is 162 Å². The topological polar surface area (TPSA) is 66.5 Å². The van der Waals surface area contributed by atoms with E-state index in [0.29, 0.717) is 11.6 Å². The van der Waals surface area contributed by atoms with E-state index in [0.717, 1.165) is 16.7 Å². The first kappa shape index (κ1) is 21.0. The number of hydrogen-bond donors (Lipinski definition) is 1. The standard InChI is InChI=1S/C21H28N2O3S/c1-16(2)18-9-11-20(12-10-18)23(27(4,25)26)14-13-22-21(24)15-19-8-6-5-7-17(19)3/h5-12,16H,13-15H2,1-4H3,(H,22,24). The molecule has 2 rings (SSSR count). The average molecular weight is 389 g/mol. The van der Waals surface area contributed by atoms with Gasteiger partial charge in [-0.05, 0) is 41.7 Å². The highest BCUT2D eigenvalue weighted by atomic mass is 32.2. The van der Waals surface area contributed by atoms with Crippen molar-refractivity contribution >= 4 is 21.6 Å². The lowest BCUT2D eigenvalue weighted by Gasteiger charge is -2.23. The summed E-state index contributed by atoms with van der Waals surface area (Å²) in [5, 5.41) is 2.82. The van der Waals surface area contributed by atoms with Crippen molar-refractivity contribution in [1.82, 2.24) is 5.32 Å². The van der Waals surface area contributed by atoms with Crippen molar-refractivity contribution in [2.75, 3.05) is 23.7 Å². The van der Waals surface area contributed by atoms with Crippen molar-refractivity contribution in [2.24, 2.45) is 0 Å². The molecule has 0 heterocycles. The van der Waals surface area contributed by atoms with Crippen LogP contribution in [0.15, 0.2) is 48.5 Å². The number of nitrogens with one attached hydrogen (secondary N) is 1. The minimum atomic E-state index is -3.43. The Bertz CT molecular complexity index is 875. The fraction of sp³-hybridized carbons (Fsp3) is 0.381. The highest BCUT2D eigenvalue weighted by Crippen LogP contribution is 2.21. The molecule has 0 aliphatic carbocycles. The molecule has 0 bridgehead atoms. The van der Waals surface area contributed by atoms with Crippen molar-refractivity contribution in [3.05, 3.63) is 65.2 Å². The third kappa shape index (κ3) is 6.10. The summed E-state index contributed by atoms with van der Waals surface area (Å²) < 4.78 is 25.7. The van der Waals surface area contributed by atoms with E-state index in [1.165, 1.54) is 10.6 Å². The lowest BCUT2D eigenvalue weighted by Crippen LogP contribution is -2.38. The number of amides is 1. The van der Waals surface area contributed by atoms with Crippen molar-refractivity contribution in [3.63, 3.8) is 0 Å². The van der Waals surface area contributed by atoms with Gasteiger partial charge in [-0.3, -0.25) is 9.10 Å². The Morgan fingerprint density at radius 2 is 1.70 bits per heavy atom. The van der Waals surface area contributed by atoms with E-state index in [2.05, 4.69) is 19.2 Å². The van der Waals surface area contributed by atoms with Gasteiger partial charge < -0.3 is 5.32 Å². The molecular formula is C21H28N2O3S. The Morgan fingerprint density at radius 1 is 1.07 bits per heavy atom. The van der Waals surface area contributed by atoms with E-state index in [4.69, 9.17) is 0 Å². The van der Waals surface area contributed by atoms with E-state index in [9.17, 15) is 13.2 Å². The number of hydrogen-bond acceptors (Lipinski definition) is 3. The van der Waals surface area contributed by atoms with Crippen LogP contribution in [-0.4, -0.2) is 33.7 Å². The van der Waals surface area contributed by atoms with Crippen LogP contribution in [0, 0.1) is 6.92 Å². The van der Waals surface area contributed by atoms with Gasteiger partial charge in [0.1, 0.15) is 0 Å². The molecule has 27 heavy (non-hydrogen) atoms. The van der Waals surface area contributed by atoms with Crippen LogP contribution in [-0.2, 0) is 21.2 Å². The molecule has 0 aliphatic heterocycles. The average Bonchev–Trinajstić information content (AvgIpc) is 2.60. The minimum Gasteiger partial charge on any atom is -0.354 e. The molecule has 1 amide bonds. The molecule has 6 heteroatoms. The van der Waals surface area contributed by atoms with Gasteiger partial charge in [-0.15, -0.1) is 0 Å². The zero-order valence-electron chi connectivity index (χ0n) is 16.4. The van der Waals surface area contributed by atoms with Crippen LogP contribution < -0.4 is 9.62 Å². The second-order valence-electron chi connectivity index (χ2n) is 7.03. The smallest absolute Gasteiger partial charge is 0.232 e. The van der Waals surface area contributed by atoms with Crippen molar-refractivity contribution in [1.29, 1.82) is 0 Å². The molecule has 0 spiro atoms. The maximum Gasteiger partial charge on any atom is 0.232 e. The van der Waals surface area contributed by atoms with Crippen LogP contribution in [0.5, 0.6) is 0 Å². The molecule has 0 saturated heterocycles. The molecule has 0 saturated carbocycles. The first-order valence-electron chi connectivity index (χ1n) is 9.07. The van der Waals surface area contributed by atoms with Gasteiger partial charge in [0, 0.05) is 6.54 Å². The van der Waals surface area contributed by atoms with Gasteiger partial charge >= 0.3 is 0 Å². The molecule has 0 atom stereocenters. The van der Waals surface area contributed by atoms with Crippen molar-refractivity contribution in [2.45, 2.75) is 33.1 Å². The zero-order valence-corrected chi connectivity index (χ0v) is 17.2. The van der Waals surface area contributed by atoms with Gasteiger partial charge in [-0.2, -0.15) is 0 Å². The molecule has 1 N–H and O–H groups in total. The van der Waals surface area contributed by atoms with Crippen LogP contribution in [0.3, 0.4) is 0 Å². The minimum absolute atomic E-state index is 0.118. The zero-order chi connectivity index (χ0) is 20.0. The van der Waals surface area contributed by atoms with Crippen molar-refractivity contribution < 1.29 is 13.2 Å². The third-order valence-electron chi connectivity index (χ3n) is 4.50. The van der Waals surface area contributed by atoms with E-state index < -0.39 is 10.0 Å². The lowest BCUT2D eigenvalue weighted by atomic mass is 10.0. The van der Waals surface area contributed by atoms with Gasteiger partial charge in [-0.25, -0.2) is 8.42 Å². The summed E-state index contributed by atoms with van der Waals surface area (Å²) in [7, 11) is -3.43. The second-order valence-corrected chi connectivity index (χ2v) is 8.94. The maximum atomic E-state index is 12.2. The van der Waals surface area contributed by atoms with Crippen molar-refractivity contribution in [3.8, 4) is 0 Å².